The zero-order chi connectivity index (χ0) is 15.3. The Morgan fingerprint density at radius 2 is 1.68 bits per heavy atom. The van der Waals surface area contributed by atoms with Gasteiger partial charge in [0.05, 0.1) is 5.56 Å². The second-order valence-electron chi connectivity index (χ2n) is 5.16. The molecule has 0 radical (unpaired) electrons. The summed E-state index contributed by atoms with van der Waals surface area (Å²) in [5.41, 5.74) is 0.902. The molecular formula is C18H10FNO2. The predicted octanol–water partition coefficient (Wildman–Crippen LogP) is 3.81. The molecule has 3 aromatic rings. The normalized spacial score (nSPS) is 13.8. The Bertz CT molecular complexity index is 970. The van der Waals surface area contributed by atoms with Crippen LogP contribution in [0.4, 0.5) is 10.1 Å². The van der Waals surface area contributed by atoms with Crippen LogP contribution in [0.1, 0.15) is 15.9 Å². The fraction of sp³-hybridized carbons (Fsp3) is 0. The molecule has 3 nitrogen and oxygen atoms in total. The first-order chi connectivity index (χ1) is 10.7. The average Bonchev–Trinajstić information content (AvgIpc) is 2.78. The van der Waals surface area contributed by atoms with Crippen LogP contribution in [0.25, 0.3) is 10.8 Å². The van der Waals surface area contributed by atoms with E-state index in [9.17, 15) is 14.4 Å². The molecule has 1 heterocycles. The third-order valence-electron chi connectivity index (χ3n) is 3.88. The van der Waals surface area contributed by atoms with Crippen LogP contribution in [0, 0.1) is 11.0 Å². The van der Waals surface area contributed by atoms with Crippen molar-refractivity contribution in [3.05, 3.63) is 82.8 Å². The van der Waals surface area contributed by atoms with Gasteiger partial charge in [-0.15, -0.1) is 0 Å². The van der Waals surface area contributed by atoms with Crippen molar-refractivity contribution in [2.24, 2.45) is 0 Å². The van der Waals surface area contributed by atoms with E-state index < -0.39 is 11.6 Å². The molecular weight excluding hydrogens is 281 g/mol. The third-order valence-corrected chi connectivity index (χ3v) is 3.88. The molecule has 0 aromatic heterocycles. The summed E-state index contributed by atoms with van der Waals surface area (Å²) < 4.78 is 14.0. The number of halogens is 1. The van der Waals surface area contributed by atoms with Crippen molar-refractivity contribution in [1.82, 2.24) is 0 Å². The van der Waals surface area contributed by atoms with E-state index in [1.165, 1.54) is 12.1 Å². The molecule has 0 N–H and O–H groups in total. The van der Waals surface area contributed by atoms with Crippen LogP contribution in [-0.4, -0.2) is 16.2 Å². The minimum Gasteiger partial charge on any atom is -0.618 e. The van der Waals surface area contributed by atoms with Crippen LogP contribution in [0.5, 0.6) is 0 Å². The predicted molar refractivity (Wildman–Crippen MR) is 82.1 cm³/mol. The van der Waals surface area contributed by atoms with E-state index >= 15 is 0 Å². The van der Waals surface area contributed by atoms with Gasteiger partial charge in [-0.05, 0) is 29.0 Å². The Labute approximate surface area is 125 Å². The number of hydrogen-bond donors (Lipinski definition) is 0. The number of carbonyl (C=O) groups excluding carboxylic acids is 1. The molecule has 0 unspecified atom stereocenters. The van der Waals surface area contributed by atoms with Crippen molar-refractivity contribution in [3.8, 4) is 0 Å². The number of Topliss-reactive ketones (excluding diaryl/α,β-unsaturated/α-hetero) is 1. The highest BCUT2D eigenvalue weighted by molar-refractivity contribution is 6.53. The molecule has 4 rings (SSSR count). The Morgan fingerprint density at radius 3 is 2.55 bits per heavy atom. The van der Waals surface area contributed by atoms with Gasteiger partial charge in [0, 0.05) is 6.07 Å². The van der Waals surface area contributed by atoms with Crippen molar-refractivity contribution in [1.29, 1.82) is 0 Å². The number of rotatable bonds is 1. The van der Waals surface area contributed by atoms with Crippen LogP contribution in [0.15, 0.2) is 60.7 Å². The van der Waals surface area contributed by atoms with Crippen LogP contribution in [0.3, 0.4) is 0 Å². The highest BCUT2D eigenvalue weighted by Crippen LogP contribution is 2.30. The second kappa shape index (κ2) is 4.49. The lowest BCUT2D eigenvalue weighted by molar-refractivity contribution is -0.355. The number of nitrogens with zero attached hydrogens (tertiary/aromatic N) is 1. The molecule has 1 aliphatic heterocycles. The molecule has 0 spiro atoms. The number of ketones is 1. The van der Waals surface area contributed by atoms with Crippen molar-refractivity contribution in [3.63, 3.8) is 0 Å². The van der Waals surface area contributed by atoms with Crippen LogP contribution >= 0.6 is 0 Å². The molecule has 1 aliphatic rings. The molecule has 0 aliphatic carbocycles. The summed E-state index contributed by atoms with van der Waals surface area (Å²) in [5.74, 6) is -0.972. The van der Waals surface area contributed by atoms with Crippen molar-refractivity contribution in [2.45, 2.75) is 0 Å². The first-order valence-electron chi connectivity index (χ1n) is 6.83. The molecule has 0 amide bonds. The monoisotopic (exact) mass is 291 g/mol. The summed E-state index contributed by atoms with van der Waals surface area (Å²) >= 11 is 0. The molecule has 0 fully saturated rings. The van der Waals surface area contributed by atoms with E-state index in [4.69, 9.17) is 0 Å². The SMILES string of the molecule is O=C1C(c2cccc3ccccc23)=[N+]([O-])c2ccc(F)cc21. The minimum absolute atomic E-state index is 0.0393. The minimum atomic E-state index is -0.528. The van der Waals surface area contributed by atoms with Gasteiger partial charge >= 0.3 is 0 Å². The number of carbonyl (C=O) groups is 1. The average molecular weight is 291 g/mol. The maximum absolute atomic E-state index is 13.4. The zero-order valence-electron chi connectivity index (χ0n) is 11.4. The molecule has 106 valence electrons. The summed E-state index contributed by atoms with van der Waals surface area (Å²) in [5, 5.41) is 14.3. The molecule has 3 aromatic carbocycles. The van der Waals surface area contributed by atoms with E-state index in [-0.39, 0.29) is 17.0 Å². The number of benzene rings is 3. The Balaban J connectivity index is 2.01. The van der Waals surface area contributed by atoms with Crippen molar-refractivity contribution < 1.29 is 13.9 Å². The molecule has 0 saturated heterocycles. The topological polar surface area (TPSA) is 43.1 Å². The van der Waals surface area contributed by atoms with Crippen LogP contribution in [0.2, 0.25) is 0 Å². The van der Waals surface area contributed by atoms with E-state index in [1.807, 2.05) is 30.3 Å². The van der Waals surface area contributed by atoms with Crippen molar-refractivity contribution in [2.75, 3.05) is 0 Å². The Hall–Kier alpha value is -3.01. The van der Waals surface area contributed by atoms with E-state index in [2.05, 4.69) is 0 Å². The van der Waals surface area contributed by atoms with Gasteiger partial charge in [0.25, 0.3) is 11.5 Å². The second-order valence-corrected chi connectivity index (χ2v) is 5.16. The Morgan fingerprint density at radius 1 is 0.909 bits per heavy atom. The van der Waals surface area contributed by atoms with Gasteiger partial charge in [-0.3, -0.25) is 4.79 Å². The first kappa shape index (κ1) is 12.7. The lowest BCUT2D eigenvalue weighted by Gasteiger charge is -2.05. The quantitative estimate of drug-likeness (QED) is 0.505. The van der Waals surface area contributed by atoms with Crippen LogP contribution < -0.4 is 0 Å². The maximum atomic E-state index is 13.4. The van der Waals surface area contributed by atoms with Gasteiger partial charge in [0.2, 0.25) is 5.69 Å². The lowest BCUT2D eigenvalue weighted by atomic mass is 9.97. The highest BCUT2D eigenvalue weighted by atomic mass is 19.1. The zero-order valence-corrected chi connectivity index (χ0v) is 11.4. The van der Waals surface area contributed by atoms with Gasteiger partial charge < -0.3 is 5.21 Å². The largest absolute Gasteiger partial charge is 0.618 e. The fourth-order valence-electron chi connectivity index (χ4n) is 2.87. The van der Waals surface area contributed by atoms with Gasteiger partial charge in [-0.1, -0.05) is 36.4 Å². The maximum Gasteiger partial charge on any atom is 0.273 e. The summed E-state index contributed by atoms with van der Waals surface area (Å²) in [4.78, 5) is 12.6. The molecule has 22 heavy (non-hydrogen) atoms. The fourth-order valence-corrected chi connectivity index (χ4v) is 2.87. The van der Waals surface area contributed by atoms with Crippen LogP contribution in [-0.2, 0) is 0 Å². The summed E-state index contributed by atoms with van der Waals surface area (Å²) in [7, 11) is 0. The first-order valence-corrected chi connectivity index (χ1v) is 6.83. The summed E-state index contributed by atoms with van der Waals surface area (Å²) in [6.07, 6.45) is 0. The molecule has 4 heteroatoms. The highest BCUT2D eigenvalue weighted by Gasteiger charge is 2.37. The molecule has 0 saturated carbocycles. The lowest BCUT2D eigenvalue weighted by Crippen LogP contribution is -2.17. The third kappa shape index (κ3) is 1.67. The standard InChI is InChI=1S/C18H10FNO2/c19-12-8-9-16-15(10-12)18(21)17(20(16)22)14-7-3-5-11-4-1-2-6-13(11)14/h1-10H. The Kier molecular flexibility index (Phi) is 2.60. The number of hydrogen-bond acceptors (Lipinski definition) is 2. The van der Waals surface area contributed by atoms with Gasteiger partial charge in [-0.25, -0.2) is 4.39 Å². The van der Waals surface area contributed by atoms with E-state index in [1.54, 1.807) is 12.1 Å². The summed E-state index contributed by atoms with van der Waals surface area (Å²) in [6, 6.07) is 16.6. The van der Waals surface area contributed by atoms with Crippen molar-refractivity contribution >= 4 is 28.0 Å². The van der Waals surface area contributed by atoms with Gasteiger partial charge in [0.15, 0.2) is 0 Å². The smallest absolute Gasteiger partial charge is 0.273 e. The van der Waals surface area contributed by atoms with E-state index in [0.29, 0.717) is 10.3 Å². The summed E-state index contributed by atoms with van der Waals surface area (Å²) in [6.45, 7) is 0. The number of fused-ring (bicyclic) bond motifs is 2. The van der Waals surface area contributed by atoms with Gasteiger partial charge in [0.1, 0.15) is 11.4 Å². The van der Waals surface area contributed by atoms with E-state index in [0.717, 1.165) is 16.8 Å². The van der Waals surface area contributed by atoms with Gasteiger partial charge in [-0.2, -0.15) is 4.74 Å². The molecule has 0 atom stereocenters. The molecule has 0 bridgehead atoms.